The van der Waals surface area contributed by atoms with Crippen LogP contribution in [0.5, 0.6) is 0 Å². The Kier molecular flexibility index (Phi) is 10.1. The van der Waals surface area contributed by atoms with Gasteiger partial charge in [-0.15, -0.1) is 0 Å². The minimum absolute atomic E-state index is 0.0588. The fourth-order valence-electron chi connectivity index (χ4n) is 3.85. The Morgan fingerprint density at radius 1 is 1.03 bits per heavy atom. The Morgan fingerprint density at radius 2 is 1.76 bits per heavy atom. The highest BCUT2D eigenvalue weighted by molar-refractivity contribution is 7.98. The highest BCUT2D eigenvalue weighted by Crippen LogP contribution is 2.19. The average Bonchev–Trinajstić information content (AvgIpc) is 3.55. The molecule has 2 aromatic heterocycles. The predicted molar refractivity (Wildman–Crippen MR) is 140 cm³/mol. The van der Waals surface area contributed by atoms with Crippen LogP contribution in [0.2, 0.25) is 0 Å². The monoisotopic (exact) mass is 529 g/mol. The van der Waals surface area contributed by atoms with Crippen LogP contribution in [0.3, 0.4) is 0 Å². The fraction of sp³-hybridized carbons (Fsp3) is 0.375. The van der Waals surface area contributed by atoms with E-state index in [1.165, 1.54) is 24.3 Å². The summed E-state index contributed by atoms with van der Waals surface area (Å²) in [5.74, 6) is -2.41. The van der Waals surface area contributed by atoms with E-state index in [1.54, 1.807) is 6.20 Å². The maximum atomic E-state index is 13.2. The fourth-order valence-corrected chi connectivity index (χ4v) is 4.32. The van der Waals surface area contributed by atoms with Crippen molar-refractivity contribution in [1.29, 1.82) is 0 Å². The maximum Gasteiger partial charge on any atom is 0.326 e. The number of H-pyrrole nitrogens is 2. The molecule has 0 aliphatic heterocycles. The number of nitrogens with zero attached hydrogens (tertiary/aromatic N) is 1. The normalized spacial score (nSPS) is 13.5. The molecule has 8 N–H and O–H groups in total. The number of para-hydroxylation sites is 1. The number of aromatic nitrogens is 3. The van der Waals surface area contributed by atoms with Gasteiger partial charge in [0, 0.05) is 41.8 Å². The summed E-state index contributed by atoms with van der Waals surface area (Å²) < 4.78 is 0. The number of amides is 3. The Bertz CT molecular complexity index is 1210. The molecule has 1 aromatic carbocycles. The molecular formula is C24H31N7O5S. The first-order valence-corrected chi connectivity index (χ1v) is 13.1. The molecule has 0 fully saturated rings. The number of aliphatic carboxylic acids is 1. The van der Waals surface area contributed by atoms with Gasteiger partial charge in [-0.25, -0.2) is 9.78 Å². The van der Waals surface area contributed by atoms with Gasteiger partial charge in [0.25, 0.3) is 0 Å². The number of carbonyl (C=O) groups excluding carboxylic acids is 3. The van der Waals surface area contributed by atoms with Gasteiger partial charge in [0.1, 0.15) is 18.1 Å². The lowest BCUT2D eigenvalue weighted by atomic mass is 10.0. The molecule has 0 aliphatic rings. The third-order valence-corrected chi connectivity index (χ3v) is 6.42. The van der Waals surface area contributed by atoms with E-state index in [0.29, 0.717) is 11.4 Å². The van der Waals surface area contributed by atoms with Gasteiger partial charge < -0.3 is 36.8 Å². The first kappa shape index (κ1) is 27.7. The Hall–Kier alpha value is -3.84. The number of rotatable bonds is 14. The summed E-state index contributed by atoms with van der Waals surface area (Å²) in [6, 6.07) is 4.24. The quantitative estimate of drug-likeness (QED) is 0.151. The number of aromatic amines is 2. The number of fused-ring (bicyclic) bond motifs is 1. The third kappa shape index (κ3) is 7.82. The lowest BCUT2D eigenvalue weighted by Gasteiger charge is -2.24. The minimum Gasteiger partial charge on any atom is -0.480 e. The van der Waals surface area contributed by atoms with E-state index in [9.17, 15) is 24.3 Å². The number of nitrogens with two attached hydrogens (primary N) is 1. The number of benzene rings is 1. The molecule has 3 atom stereocenters. The molecule has 198 valence electrons. The van der Waals surface area contributed by atoms with Gasteiger partial charge in [0.2, 0.25) is 17.7 Å². The second-order valence-electron chi connectivity index (χ2n) is 8.41. The molecule has 12 nitrogen and oxygen atoms in total. The van der Waals surface area contributed by atoms with Crippen LogP contribution in [0, 0.1) is 0 Å². The smallest absolute Gasteiger partial charge is 0.326 e. The SMILES string of the molecule is CSCCC(NC(=O)C(Cc1cnc[nH]1)NC(=O)CN)C(=O)NC(Cc1c[nH]c2ccccc12)C(=O)O. The Morgan fingerprint density at radius 3 is 2.43 bits per heavy atom. The molecule has 0 radical (unpaired) electrons. The van der Waals surface area contributed by atoms with Crippen LogP contribution in [-0.4, -0.2) is 80.4 Å². The highest BCUT2D eigenvalue weighted by atomic mass is 32.2. The number of carboxylic acids is 1. The second-order valence-corrected chi connectivity index (χ2v) is 9.40. The first-order chi connectivity index (χ1) is 17.8. The minimum atomic E-state index is -1.21. The van der Waals surface area contributed by atoms with E-state index in [4.69, 9.17) is 5.73 Å². The van der Waals surface area contributed by atoms with Crippen LogP contribution in [0.25, 0.3) is 10.9 Å². The largest absolute Gasteiger partial charge is 0.480 e. The molecule has 3 amide bonds. The number of carboxylic acid groups (broad SMARTS) is 1. The summed E-state index contributed by atoms with van der Waals surface area (Å²) in [7, 11) is 0. The van der Waals surface area contributed by atoms with Crippen molar-refractivity contribution in [3.8, 4) is 0 Å². The molecule has 3 aromatic rings. The van der Waals surface area contributed by atoms with Gasteiger partial charge in [-0.2, -0.15) is 11.8 Å². The van der Waals surface area contributed by atoms with Crippen molar-refractivity contribution in [2.75, 3.05) is 18.6 Å². The van der Waals surface area contributed by atoms with Crippen molar-refractivity contribution in [1.82, 2.24) is 30.9 Å². The zero-order valence-electron chi connectivity index (χ0n) is 20.3. The van der Waals surface area contributed by atoms with Crippen molar-refractivity contribution in [3.63, 3.8) is 0 Å². The summed E-state index contributed by atoms with van der Waals surface area (Å²) in [5.41, 5.74) is 7.61. The van der Waals surface area contributed by atoms with Crippen LogP contribution in [0.1, 0.15) is 17.7 Å². The molecule has 0 bridgehead atoms. The molecule has 0 spiro atoms. The number of carbonyl (C=O) groups is 4. The van der Waals surface area contributed by atoms with Crippen LogP contribution in [-0.2, 0) is 32.0 Å². The van der Waals surface area contributed by atoms with E-state index < -0.39 is 41.8 Å². The zero-order chi connectivity index (χ0) is 26.8. The molecule has 2 heterocycles. The summed E-state index contributed by atoms with van der Waals surface area (Å²) in [6.45, 7) is -0.308. The molecular weight excluding hydrogens is 498 g/mol. The summed E-state index contributed by atoms with van der Waals surface area (Å²) in [4.78, 5) is 60.1. The van der Waals surface area contributed by atoms with E-state index in [2.05, 4.69) is 30.9 Å². The first-order valence-electron chi connectivity index (χ1n) is 11.7. The standard InChI is InChI=1S/C24H31N7O5S/c1-37-7-6-18(30-23(34)19(29-21(32)10-25)9-15-12-26-13-28-15)22(33)31-20(24(35)36)8-14-11-27-17-5-3-2-4-16(14)17/h2-5,11-13,18-20,27H,6-10,25H2,1H3,(H,26,28)(H,29,32)(H,30,34)(H,31,33)(H,35,36). The van der Waals surface area contributed by atoms with E-state index in [0.717, 1.165) is 16.5 Å². The Balaban J connectivity index is 1.73. The molecule has 37 heavy (non-hydrogen) atoms. The summed E-state index contributed by atoms with van der Waals surface area (Å²) >= 11 is 1.48. The average molecular weight is 530 g/mol. The third-order valence-electron chi connectivity index (χ3n) is 5.77. The van der Waals surface area contributed by atoms with Crippen LogP contribution >= 0.6 is 11.8 Å². The van der Waals surface area contributed by atoms with Crippen LogP contribution in [0.15, 0.2) is 43.0 Å². The number of nitrogens with one attached hydrogen (secondary N) is 5. The van der Waals surface area contributed by atoms with E-state index >= 15 is 0 Å². The van der Waals surface area contributed by atoms with Gasteiger partial charge in [-0.05, 0) is 30.1 Å². The molecule has 0 aliphatic carbocycles. The molecule has 3 unspecified atom stereocenters. The summed E-state index contributed by atoms with van der Waals surface area (Å²) in [5, 5.41) is 18.5. The number of hydrogen-bond donors (Lipinski definition) is 7. The van der Waals surface area contributed by atoms with E-state index in [1.807, 2.05) is 30.5 Å². The number of thioether (sulfide) groups is 1. The topological polar surface area (TPSA) is 195 Å². The van der Waals surface area contributed by atoms with Gasteiger partial charge in [0.05, 0.1) is 12.9 Å². The molecule has 13 heteroatoms. The predicted octanol–water partition coefficient (Wildman–Crippen LogP) is -0.0730. The van der Waals surface area contributed by atoms with Crippen LogP contribution < -0.4 is 21.7 Å². The zero-order valence-corrected chi connectivity index (χ0v) is 21.1. The van der Waals surface area contributed by atoms with Crippen molar-refractivity contribution in [3.05, 3.63) is 54.2 Å². The lowest BCUT2D eigenvalue weighted by molar-refractivity contribution is -0.142. The van der Waals surface area contributed by atoms with Gasteiger partial charge in [-0.1, -0.05) is 18.2 Å². The summed E-state index contributed by atoms with van der Waals surface area (Å²) in [6.07, 6.45) is 6.98. The molecule has 0 saturated carbocycles. The lowest BCUT2D eigenvalue weighted by Crippen LogP contribution is -2.57. The number of imidazole rings is 1. The Labute approximate surface area is 217 Å². The molecule has 0 saturated heterocycles. The van der Waals surface area contributed by atoms with Gasteiger partial charge >= 0.3 is 5.97 Å². The number of hydrogen-bond acceptors (Lipinski definition) is 7. The van der Waals surface area contributed by atoms with E-state index in [-0.39, 0.29) is 25.8 Å². The van der Waals surface area contributed by atoms with Gasteiger partial charge in [-0.3, -0.25) is 14.4 Å². The van der Waals surface area contributed by atoms with Crippen molar-refractivity contribution >= 4 is 46.4 Å². The molecule has 3 rings (SSSR count). The van der Waals surface area contributed by atoms with Gasteiger partial charge in [0.15, 0.2) is 0 Å². The van der Waals surface area contributed by atoms with Crippen molar-refractivity contribution < 1.29 is 24.3 Å². The second kappa shape index (κ2) is 13.5. The maximum absolute atomic E-state index is 13.2. The highest BCUT2D eigenvalue weighted by Gasteiger charge is 2.30. The van der Waals surface area contributed by atoms with Crippen molar-refractivity contribution in [2.24, 2.45) is 5.73 Å². The van der Waals surface area contributed by atoms with Crippen LogP contribution in [0.4, 0.5) is 0 Å². The van der Waals surface area contributed by atoms with Crippen molar-refractivity contribution in [2.45, 2.75) is 37.4 Å².